The van der Waals surface area contributed by atoms with Gasteiger partial charge in [0.2, 0.25) is 11.8 Å². The molecule has 0 atom stereocenters. The molecule has 0 radical (unpaired) electrons. The molecule has 0 unspecified atom stereocenters. The summed E-state index contributed by atoms with van der Waals surface area (Å²) < 4.78 is 5.07. The van der Waals surface area contributed by atoms with E-state index in [2.05, 4.69) is 15.5 Å². The average Bonchev–Trinajstić information content (AvgIpc) is 2.75. The Labute approximate surface area is 104 Å². The maximum Gasteiger partial charge on any atom is 0.322 e. The van der Waals surface area contributed by atoms with Crippen molar-refractivity contribution in [2.45, 2.75) is 19.9 Å². The number of rotatable bonds is 4. The minimum atomic E-state index is -0.209. The minimum Gasteiger partial charge on any atom is -0.408 e. The molecule has 0 spiro atoms. The van der Waals surface area contributed by atoms with E-state index in [0.29, 0.717) is 12.4 Å². The van der Waals surface area contributed by atoms with Crippen LogP contribution in [0.5, 0.6) is 0 Å². The Kier molecular flexibility index (Phi) is 3.69. The van der Waals surface area contributed by atoms with Crippen molar-refractivity contribution in [2.24, 2.45) is 5.73 Å². The summed E-state index contributed by atoms with van der Waals surface area (Å²) in [4.78, 5) is 11.8. The third-order valence-electron chi connectivity index (χ3n) is 2.46. The van der Waals surface area contributed by atoms with Crippen molar-refractivity contribution in [2.75, 3.05) is 5.32 Å². The second-order valence-electron chi connectivity index (χ2n) is 3.82. The van der Waals surface area contributed by atoms with Gasteiger partial charge in [-0.25, -0.2) is 0 Å². The molecule has 6 nitrogen and oxygen atoms in total. The van der Waals surface area contributed by atoms with Crippen molar-refractivity contribution < 1.29 is 9.21 Å². The molecule has 0 fully saturated rings. The number of benzene rings is 1. The molecule has 1 amide bonds. The van der Waals surface area contributed by atoms with E-state index in [0.717, 1.165) is 11.1 Å². The first-order chi connectivity index (χ1) is 8.69. The van der Waals surface area contributed by atoms with Gasteiger partial charge in [-0.3, -0.25) is 10.1 Å². The van der Waals surface area contributed by atoms with Gasteiger partial charge in [0, 0.05) is 13.5 Å². The number of amides is 1. The molecule has 1 aromatic carbocycles. The second kappa shape index (κ2) is 5.42. The van der Waals surface area contributed by atoms with Crippen molar-refractivity contribution in [3.8, 4) is 0 Å². The Morgan fingerprint density at radius 1 is 1.33 bits per heavy atom. The number of nitrogens with one attached hydrogen (secondary N) is 1. The fraction of sp³-hybridized carbons (Fsp3) is 0.250. The summed E-state index contributed by atoms with van der Waals surface area (Å²) in [6, 6.07) is 7.66. The zero-order valence-electron chi connectivity index (χ0n) is 10.0. The zero-order valence-corrected chi connectivity index (χ0v) is 10.0. The fourth-order valence-corrected chi connectivity index (χ4v) is 1.61. The van der Waals surface area contributed by atoms with Crippen LogP contribution in [0.2, 0.25) is 0 Å². The van der Waals surface area contributed by atoms with E-state index in [1.54, 1.807) is 6.92 Å². The molecule has 2 rings (SSSR count). The van der Waals surface area contributed by atoms with E-state index < -0.39 is 0 Å². The summed E-state index contributed by atoms with van der Waals surface area (Å²) in [7, 11) is 0. The van der Waals surface area contributed by atoms with Crippen molar-refractivity contribution in [1.29, 1.82) is 0 Å². The third kappa shape index (κ3) is 2.92. The molecule has 1 aromatic heterocycles. The smallest absolute Gasteiger partial charge is 0.322 e. The number of carbonyl (C=O) groups excluding carboxylic acids is 1. The highest BCUT2D eigenvalue weighted by Crippen LogP contribution is 2.10. The number of aromatic nitrogens is 2. The summed E-state index contributed by atoms with van der Waals surface area (Å²) in [6.07, 6.45) is 0.231. The lowest BCUT2D eigenvalue weighted by atomic mass is 10.0. The Bertz CT molecular complexity index is 551. The van der Waals surface area contributed by atoms with Gasteiger partial charge in [0.05, 0.1) is 6.42 Å². The van der Waals surface area contributed by atoms with Crippen LogP contribution in [-0.2, 0) is 17.8 Å². The molecule has 0 bridgehead atoms. The number of hydrogen-bond acceptors (Lipinski definition) is 5. The molecule has 2 aromatic rings. The van der Waals surface area contributed by atoms with Crippen molar-refractivity contribution in [3.63, 3.8) is 0 Å². The molecule has 0 aliphatic heterocycles. The lowest BCUT2D eigenvalue weighted by Crippen LogP contribution is -2.16. The molecule has 0 saturated heterocycles. The highest BCUT2D eigenvalue weighted by molar-refractivity contribution is 5.90. The Balaban J connectivity index is 2.03. The topological polar surface area (TPSA) is 94.0 Å². The van der Waals surface area contributed by atoms with Gasteiger partial charge < -0.3 is 10.2 Å². The normalized spacial score (nSPS) is 10.3. The van der Waals surface area contributed by atoms with E-state index in [4.69, 9.17) is 10.2 Å². The van der Waals surface area contributed by atoms with Crippen LogP contribution in [0.1, 0.15) is 17.0 Å². The lowest BCUT2D eigenvalue weighted by Gasteiger charge is -2.06. The monoisotopic (exact) mass is 246 g/mol. The molecule has 0 saturated carbocycles. The number of carbonyl (C=O) groups is 1. The van der Waals surface area contributed by atoms with Gasteiger partial charge in [0.15, 0.2) is 0 Å². The predicted molar refractivity (Wildman–Crippen MR) is 65.7 cm³/mol. The number of aryl methyl sites for hydroxylation is 1. The molecule has 94 valence electrons. The van der Waals surface area contributed by atoms with Gasteiger partial charge in [-0.2, -0.15) is 0 Å². The van der Waals surface area contributed by atoms with Gasteiger partial charge in [0.25, 0.3) is 0 Å². The molecular weight excluding hydrogens is 232 g/mol. The summed E-state index contributed by atoms with van der Waals surface area (Å²) in [5, 5.41) is 9.87. The van der Waals surface area contributed by atoms with Crippen molar-refractivity contribution in [1.82, 2.24) is 10.2 Å². The number of anilines is 1. The summed E-state index contributed by atoms with van der Waals surface area (Å²) >= 11 is 0. The van der Waals surface area contributed by atoms with E-state index in [1.807, 2.05) is 24.3 Å². The van der Waals surface area contributed by atoms with E-state index in [9.17, 15) is 4.79 Å². The summed E-state index contributed by atoms with van der Waals surface area (Å²) in [5.74, 6) is 0.201. The first kappa shape index (κ1) is 12.3. The largest absolute Gasteiger partial charge is 0.408 e. The van der Waals surface area contributed by atoms with Gasteiger partial charge >= 0.3 is 6.01 Å². The number of hydrogen-bond donors (Lipinski definition) is 2. The van der Waals surface area contributed by atoms with Crippen LogP contribution >= 0.6 is 0 Å². The zero-order chi connectivity index (χ0) is 13.0. The third-order valence-corrected chi connectivity index (χ3v) is 2.46. The molecule has 18 heavy (non-hydrogen) atoms. The van der Waals surface area contributed by atoms with Crippen LogP contribution in [-0.4, -0.2) is 16.1 Å². The van der Waals surface area contributed by atoms with E-state index in [1.165, 1.54) is 0 Å². The van der Waals surface area contributed by atoms with Crippen LogP contribution in [0.3, 0.4) is 0 Å². The SMILES string of the molecule is Cc1nnc(NC(=O)Cc2ccccc2CN)o1. The molecular formula is C12H14N4O2. The fourth-order valence-electron chi connectivity index (χ4n) is 1.61. The molecule has 3 N–H and O–H groups in total. The highest BCUT2D eigenvalue weighted by Gasteiger charge is 2.10. The lowest BCUT2D eigenvalue weighted by molar-refractivity contribution is -0.115. The Morgan fingerprint density at radius 2 is 2.06 bits per heavy atom. The molecule has 0 aliphatic rings. The van der Waals surface area contributed by atoms with Crippen LogP contribution in [0.4, 0.5) is 6.01 Å². The quantitative estimate of drug-likeness (QED) is 0.839. The maximum absolute atomic E-state index is 11.8. The summed E-state index contributed by atoms with van der Waals surface area (Å²) in [6.45, 7) is 2.06. The highest BCUT2D eigenvalue weighted by atomic mass is 16.4. The molecule has 1 heterocycles. The number of nitrogens with zero attached hydrogens (tertiary/aromatic N) is 2. The van der Waals surface area contributed by atoms with Crippen LogP contribution < -0.4 is 11.1 Å². The first-order valence-electron chi connectivity index (χ1n) is 5.56. The van der Waals surface area contributed by atoms with Crippen molar-refractivity contribution >= 4 is 11.9 Å². The van der Waals surface area contributed by atoms with E-state index >= 15 is 0 Å². The first-order valence-corrected chi connectivity index (χ1v) is 5.56. The maximum atomic E-state index is 11.8. The van der Waals surface area contributed by atoms with E-state index in [-0.39, 0.29) is 18.3 Å². The van der Waals surface area contributed by atoms with Crippen molar-refractivity contribution in [3.05, 3.63) is 41.3 Å². The predicted octanol–water partition coefficient (Wildman–Crippen LogP) is 1.02. The summed E-state index contributed by atoms with van der Waals surface area (Å²) in [5.41, 5.74) is 7.46. The standard InChI is InChI=1S/C12H14N4O2/c1-8-15-16-12(18-8)14-11(17)6-9-4-2-3-5-10(9)7-13/h2-5H,6-7,13H2,1H3,(H,14,16,17). The minimum absolute atomic E-state index is 0.114. The average molecular weight is 246 g/mol. The Hall–Kier alpha value is -2.21. The molecule has 0 aliphatic carbocycles. The van der Waals surface area contributed by atoms with Gasteiger partial charge in [-0.1, -0.05) is 29.4 Å². The van der Waals surface area contributed by atoms with Crippen LogP contribution in [0, 0.1) is 6.92 Å². The van der Waals surface area contributed by atoms with Gasteiger partial charge in [0.1, 0.15) is 0 Å². The van der Waals surface area contributed by atoms with Gasteiger partial charge in [-0.15, -0.1) is 5.10 Å². The number of nitrogens with two attached hydrogens (primary N) is 1. The molecule has 6 heteroatoms. The Morgan fingerprint density at radius 3 is 2.67 bits per heavy atom. The van der Waals surface area contributed by atoms with Crippen LogP contribution in [0.25, 0.3) is 0 Å². The van der Waals surface area contributed by atoms with Crippen LogP contribution in [0.15, 0.2) is 28.7 Å². The second-order valence-corrected chi connectivity index (χ2v) is 3.82. The van der Waals surface area contributed by atoms with Gasteiger partial charge in [-0.05, 0) is 11.1 Å².